The summed E-state index contributed by atoms with van der Waals surface area (Å²) in [7, 11) is -5.10. The number of ether oxygens (including phenoxy) is 2. The molecular weight excluding hydrogens is 683 g/mol. The third-order valence-corrected chi connectivity index (χ3v) is 10.1. The van der Waals surface area contributed by atoms with Crippen LogP contribution in [0.1, 0.15) is 155 Å². The number of esters is 2. The number of hydrogen-bond acceptors (Lipinski definition) is 12. The van der Waals surface area contributed by atoms with Crippen molar-refractivity contribution in [3.8, 4) is 0 Å². The molecule has 13 nitrogen and oxygen atoms in total. The van der Waals surface area contributed by atoms with Crippen LogP contribution < -0.4 is 0 Å². The van der Waals surface area contributed by atoms with E-state index in [-0.39, 0.29) is 12.8 Å². The van der Waals surface area contributed by atoms with Crippen molar-refractivity contribution >= 4 is 19.8 Å². The van der Waals surface area contributed by atoms with Crippen molar-refractivity contribution < 1.29 is 63.1 Å². The summed E-state index contributed by atoms with van der Waals surface area (Å²) in [6.45, 7) is 3.20. The van der Waals surface area contributed by atoms with Gasteiger partial charge < -0.3 is 39.9 Å². The molecule has 0 saturated heterocycles. The van der Waals surface area contributed by atoms with Crippen molar-refractivity contribution in [3.63, 3.8) is 0 Å². The topological polar surface area (TPSA) is 210 Å². The van der Waals surface area contributed by atoms with Gasteiger partial charge >= 0.3 is 19.8 Å². The average Bonchev–Trinajstić information content (AvgIpc) is 3.10. The molecule has 6 N–H and O–H groups in total. The molecule has 0 heterocycles. The molecule has 1 aliphatic carbocycles. The molecule has 14 heteroatoms. The third kappa shape index (κ3) is 22.4. The zero-order valence-corrected chi connectivity index (χ0v) is 32.0. The smallest absolute Gasteiger partial charge is 0.462 e. The van der Waals surface area contributed by atoms with Crippen LogP contribution in [-0.4, -0.2) is 98.3 Å². The Labute approximate surface area is 305 Å². The SMILES string of the molecule is CCCC/C=C\CCCCCCCC(=O)OC[C@H](COP(=O)(O)OC1C(O)C(O)C(O)[C@@H](O)C1O)OC(=O)CCCCCCCCCCCCC. The van der Waals surface area contributed by atoms with Gasteiger partial charge in [0.2, 0.25) is 0 Å². The molecule has 0 aromatic rings. The maximum Gasteiger partial charge on any atom is 0.472 e. The number of allylic oxidation sites excluding steroid dienone is 2. The van der Waals surface area contributed by atoms with Crippen molar-refractivity contribution in [2.45, 2.75) is 198 Å². The standard InChI is InChI=1S/C37H69O13P/c1-3-5-7-9-11-13-15-17-19-21-23-25-30(38)47-27-29(49-31(39)26-24-22-20-18-16-14-12-10-8-6-4-2)28-48-51(45,46)50-37-35(43)33(41)32(40)34(42)36(37)44/h9,11,29,32-37,40-44H,3-8,10,12-28H2,1-2H3,(H,45,46)/b11-9-/t29-,32?,33-,34?,35?,36?,37?/m1/s1. The van der Waals surface area contributed by atoms with Crippen LogP contribution in [0, 0.1) is 0 Å². The Morgan fingerprint density at radius 2 is 1.02 bits per heavy atom. The fourth-order valence-electron chi connectivity index (χ4n) is 5.86. The Morgan fingerprint density at radius 1 is 0.588 bits per heavy atom. The zero-order chi connectivity index (χ0) is 37.9. The largest absolute Gasteiger partial charge is 0.472 e. The lowest BCUT2D eigenvalue weighted by Crippen LogP contribution is -2.64. The predicted molar refractivity (Wildman–Crippen MR) is 194 cm³/mol. The van der Waals surface area contributed by atoms with Crippen molar-refractivity contribution in [2.24, 2.45) is 0 Å². The quantitative estimate of drug-likeness (QED) is 0.0210. The van der Waals surface area contributed by atoms with Gasteiger partial charge in [-0.05, 0) is 32.1 Å². The molecule has 1 rings (SSSR count). The molecule has 1 saturated carbocycles. The van der Waals surface area contributed by atoms with E-state index in [9.17, 15) is 44.6 Å². The average molecular weight is 753 g/mol. The number of carbonyl (C=O) groups is 2. The van der Waals surface area contributed by atoms with E-state index in [1.165, 1.54) is 51.4 Å². The first-order valence-electron chi connectivity index (χ1n) is 19.5. The fourth-order valence-corrected chi connectivity index (χ4v) is 6.83. The summed E-state index contributed by atoms with van der Waals surface area (Å²) in [5.74, 6) is -1.11. The van der Waals surface area contributed by atoms with Crippen LogP contribution in [0.4, 0.5) is 0 Å². The third-order valence-electron chi connectivity index (χ3n) is 9.11. The summed E-state index contributed by atoms with van der Waals surface area (Å²) in [6, 6.07) is 0. The Balaban J connectivity index is 2.55. The number of rotatable bonds is 31. The molecule has 0 aromatic heterocycles. The summed E-state index contributed by atoms with van der Waals surface area (Å²) in [6.07, 6.45) is 13.0. The Hall–Kier alpha value is -1.41. The van der Waals surface area contributed by atoms with Gasteiger partial charge in [0.05, 0.1) is 6.61 Å². The minimum absolute atomic E-state index is 0.0991. The first-order valence-corrected chi connectivity index (χ1v) is 21.0. The number of phosphoric ester groups is 1. The van der Waals surface area contributed by atoms with E-state index in [4.69, 9.17) is 18.5 Å². The number of carbonyl (C=O) groups excluding carboxylic acids is 2. The maximum absolute atomic E-state index is 12.7. The second kappa shape index (κ2) is 29.0. The monoisotopic (exact) mass is 752 g/mol. The highest BCUT2D eigenvalue weighted by Gasteiger charge is 2.51. The van der Waals surface area contributed by atoms with E-state index in [1.807, 2.05) is 0 Å². The van der Waals surface area contributed by atoms with Crippen molar-refractivity contribution in [3.05, 3.63) is 12.2 Å². The predicted octanol–water partition coefficient (Wildman–Crippen LogP) is 5.94. The number of hydrogen-bond donors (Lipinski definition) is 6. The van der Waals surface area contributed by atoms with E-state index in [0.717, 1.165) is 64.2 Å². The van der Waals surface area contributed by atoms with Gasteiger partial charge in [0.15, 0.2) is 6.10 Å². The second-order valence-electron chi connectivity index (χ2n) is 13.8. The van der Waals surface area contributed by atoms with E-state index in [0.29, 0.717) is 12.8 Å². The van der Waals surface area contributed by atoms with Crippen LogP contribution in [0.15, 0.2) is 12.2 Å². The van der Waals surface area contributed by atoms with Gasteiger partial charge in [-0.1, -0.05) is 122 Å². The maximum atomic E-state index is 12.7. The highest BCUT2D eigenvalue weighted by molar-refractivity contribution is 7.47. The van der Waals surface area contributed by atoms with Crippen molar-refractivity contribution in [1.82, 2.24) is 0 Å². The molecular formula is C37H69O13P. The van der Waals surface area contributed by atoms with E-state index >= 15 is 0 Å². The molecule has 0 bridgehead atoms. The molecule has 300 valence electrons. The highest BCUT2D eigenvalue weighted by Crippen LogP contribution is 2.47. The summed E-state index contributed by atoms with van der Waals surface area (Å²) in [5.41, 5.74) is 0. The molecule has 0 amide bonds. The van der Waals surface area contributed by atoms with E-state index in [2.05, 4.69) is 26.0 Å². The molecule has 8 atom stereocenters. The summed E-state index contributed by atoms with van der Waals surface area (Å²) in [4.78, 5) is 35.4. The molecule has 51 heavy (non-hydrogen) atoms. The molecule has 0 spiro atoms. The summed E-state index contributed by atoms with van der Waals surface area (Å²) >= 11 is 0. The Morgan fingerprint density at radius 3 is 1.55 bits per heavy atom. The molecule has 0 aliphatic heterocycles. The first-order chi connectivity index (χ1) is 24.4. The van der Waals surface area contributed by atoms with Crippen LogP contribution >= 0.6 is 7.82 Å². The van der Waals surface area contributed by atoms with Crippen molar-refractivity contribution in [2.75, 3.05) is 13.2 Å². The van der Waals surface area contributed by atoms with Crippen LogP contribution in [0.25, 0.3) is 0 Å². The van der Waals surface area contributed by atoms with Gasteiger partial charge in [-0.3, -0.25) is 18.6 Å². The molecule has 1 aliphatic rings. The molecule has 0 radical (unpaired) electrons. The van der Waals surface area contributed by atoms with Gasteiger partial charge in [-0.2, -0.15) is 0 Å². The lowest BCUT2D eigenvalue weighted by Gasteiger charge is -2.41. The van der Waals surface area contributed by atoms with Gasteiger partial charge in [-0.15, -0.1) is 0 Å². The fraction of sp³-hybridized carbons (Fsp3) is 0.892. The zero-order valence-electron chi connectivity index (χ0n) is 31.2. The molecule has 1 fully saturated rings. The molecule has 6 unspecified atom stereocenters. The number of aliphatic hydroxyl groups excluding tert-OH is 5. The number of aliphatic hydroxyl groups is 5. The van der Waals surface area contributed by atoms with Gasteiger partial charge in [0.1, 0.15) is 43.2 Å². The lowest BCUT2D eigenvalue weighted by molar-refractivity contribution is -0.220. The van der Waals surface area contributed by atoms with Gasteiger partial charge in [-0.25, -0.2) is 4.57 Å². The lowest BCUT2D eigenvalue weighted by atomic mass is 9.85. The minimum Gasteiger partial charge on any atom is -0.462 e. The van der Waals surface area contributed by atoms with Crippen LogP contribution in [0.5, 0.6) is 0 Å². The van der Waals surface area contributed by atoms with Crippen LogP contribution in [0.3, 0.4) is 0 Å². The van der Waals surface area contributed by atoms with Gasteiger partial charge in [0, 0.05) is 12.8 Å². The summed E-state index contributed by atoms with van der Waals surface area (Å²) < 4.78 is 33.3. The number of unbranched alkanes of at least 4 members (excludes halogenated alkanes) is 17. The van der Waals surface area contributed by atoms with Crippen LogP contribution in [0.2, 0.25) is 0 Å². The van der Waals surface area contributed by atoms with E-state index < -0.39 is 75.7 Å². The normalized spacial score (nSPS) is 24.0. The first kappa shape index (κ1) is 47.6. The summed E-state index contributed by atoms with van der Waals surface area (Å²) in [5, 5.41) is 49.9. The van der Waals surface area contributed by atoms with Crippen molar-refractivity contribution in [1.29, 1.82) is 0 Å². The Bertz CT molecular complexity index is 964. The minimum atomic E-state index is -5.10. The van der Waals surface area contributed by atoms with E-state index in [1.54, 1.807) is 0 Å². The van der Waals surface area contributed by atoms with Gasteiger partial charge in [0.25, 0.3) is 0 Å². The second-order valence-corrected chi connectivity index (χ2v) is 15.2. The number of phosphoric acid groups is 1. The highest BCUT2D eigenvalue weighted by atomic mass is 31.2. The van der Waals surface area contributed by atoms with Crippen LogP contribution in [-0.2, 0) is 32.7 Å². The Kier molecular flexibility index (Phi) is 27.1. The molecule has 0 aromatic carbocycles.